The number of para-hydroxylation sites is 1. The van der Waals surface area contributed by atoms with Crippen molar-refractivity contribution in [3.63, 3.8) is 0 Å². The van der Waals surface area contributed by atoms with E-state index in [0.717, 1.165) is 36.8 Å². The summed E-state index contributed by atoms with van der Waals surface area (Å²) in [5, 5.41) is 0. The molecule has 0 unspecified atom stereocenters. The number of anilines is 1. The summed E-state index contributed by atoms with van der Waals surface area (Å²) in [6.07, 6.45) is 1.83. The average molecular weight is 412 g/mol. The number of halogens is 1. The molecule has 0 amide bonds. The average Bonchev–Trinajstić information content (AvgIpc) is 3.08. The lowest BCUT2D eigenvalue weighted by Crippen LogP contribution is -2.42. The molecule has 3 aromatic rings. The molecule has 4 rings (SSSR count). The molecule has 0 saturated carbocycles. The summed E-state index contributed by atoms with van der Waals surface area (Å²) >= 11 is 0. The van der Waals surface area contributed by atoms with Gasteiger partial charge in [0.2, 0.25) is 0 Å². The first kappa shape index (κ1) is 20.8. The van der Waals surface area contributed by atoms with Crippen LogP contribution in [0, 0.1) is 5.82 Å². The molecule has 2 aromatic heterocycles. The topological polar surface area (TPSA) is 46.4 Å². The van der Waals surface area contributed by atoms with Gasteiger partial charge in [0.1, 0.15) is 23.0 Å². The number of ether oxygens (including phenoxy) is 1. The van der Waals surface area contributed by atoms with Crippen molar-refractivity contribution in [1.29, 1.82) is 0 Å². The third-order valence-electron chi connectivity index (χ3n) is 5.71. The number of morpholine rings is 1. The van der Waals surface area contributed by atoms with E-state index in [1.165, 1.54) is 6.07 Å². The van der Waals surface area contributed by atoms with Crippen LogP contribution in [-0.4, -0.2) is 64.9 Å². The lowest BCUT2D eigenvalue weighted by Gasteiger charge is -2.30. The van der Waals surface area contributed by atoms with Gasteiger partial charge in [-0.2, -0.15) is 0 Å². The quantitative estimate of drug-likeness (QED) is 0.617. The molecule has 0 aliphatic carbocycles. The number of fused-ring (bicyclic) bond motifs is 1. The molecule has 160 valence electrons. The van der Waals surface area contributed by atoms with Gasteiger partial charge in [-0.3, -0.25) is 0 Å². The van der Waals surface area contributed by atoms with Crippen LogP contribution in [0.3, 0.4) is 0 Å². The Balaban J connectivity index is 1.74. The van der Waals surface area contributed by atoms with Crippen LogP contribution in [0.4, 0.5) is 10.2 Å². The molecule has 1 fully saturated rings. The normalized spacial score (nSPS) is 17.7. The van der Waals surface area contributed by atoms with Gasteiger partial charge in [-0.15, -0.1) is 0 Å². The number of aromatic nitrogens is 3. The van der Waals surface area contributed by atoms with Crippen molar-refractivity contribution in [3.8, 4) is 11.4 Å². The second-order valence-electron chi connectivity index (χ2n) is 8.19. The van der Waals surface area contributed by atoms with Crippen molar-refractivity contribution in [1.82, 2.24) is 19.4 Å². The predicted molar refractivity (Wildman–Crippen MR) is 118 cm³/mol. The SMILES string of the molecule is CCN(c1ccc(-c2nc3cccc(F)c3n2C[C@@H]2CN(C)CCO2)cn1)C(C)C. The lowest BCUT2D eigenvalue weighted by atomic mass is 10.2. The fourth-order valence-electron chi connectivity index (χ4n) is 4.20. The molecule has 0 bridgehead atoms. The molecule has 7 heteroatoms. The Hall–Kier alpha value is -2.51. The van der Waals surface area contributed by atoms with Crippen molar-refractivity contribution in [3.05, 3.63) is 42.3 Å². The molecular weight excluding hydrogens is 381 g/mol. The highest BCUT2D eigenvalue weighted by molar-refractivity contribution is 5.81. The summed E-state index contributed by atoms with van der Waals surface area (Å²) in [7, 11) is 2.08. The van der Waals surface area contributed by atoms with Crippen molar-refractivity contribution in [2.75, 3.05) is 38.2 Å². The largest absolute Gasteiger partial charge is 0.374 e. The van der Waals surface area contributed by atoms with E-state index in [1.807, 2.05) is 29.0 Å². The van der Waals surface area contributed by atoms with Gasteiger partial charge >= 0.3 is 0 Å². The monoisotopic (exact) mass is 411 g/mol. The van der Waals surface area contributed by atoms with Crippen molar-refractivity contribution in [2.45, 2.75) is 39.5 Å². The van der Waals surface area contributed by atoms with Gasteiger partial charge in [-0.05, 0) is 52.1 Å². The van der Waals surface area contributed by atoms with Gasteiger partial charge in [-0.1, -0.05) is 6.07 Å². The molecule has 0 spiro atoms. The Morgan fingerprint density at radius 3 is 2.77 bits per heavy atom. The first-order valence-electron chi connectivity index (χ1n) is 10.7. The maximum Gasteiger partial charge on any atom is 0.149 e. The number of nitrogens with zero attached hydrogens (tertiary/aromatic N) is 5. The highest BCUT2D eigenvalue weighted by atomic mass is 19.1. The fourth-order valence-corrected chi connectivity index (χ4v) is 4.20. The van der Waals surface area contributed by atoms with E-state index in [2.05, 4.69) is 42.6 Å². The van der Waals surface area contributed by atoms with E-state index in [4.69, 9.17) is 9.72 Å². The minimum absolute atomic E-state index is 0.0109. The van der Waals surface area contributed by atoms with Gasteiger partial charge in [0.25, 0.3) is 0 Å². The number of pyridine rings is 1. The molecule has 3 heterocycles. The molecular formula is C23H30FN5O. The smallest absolute Gasteiger partial charge is 0.149 e. The van der Waals surface area contributed by atoms with E-state index in [9.17, 15) is 4.39 Å². The standard InChI is InChI=1S/C23H30FN5O/c1-5-28(16(2)3)21-10-9-17(13-25-21)23-26-20-8-6-7-19(24)22(20)29(23)15-18-14-27(4)11-12-30-18/h6-10,13,16,18H,5,11-12,14-15H2,1-4H3/t18-/m0/s1. The van der Waals surface area contributed by atoms with Gasteiger partial charge in [-0.25, -0.2) is 14.4 Å². The fraction of sp³-hybridized carbons (Fsp3) is 0.478. The summed E-state index contributed by atoms with van der Waals surface area (Å²) in [6, 6.07) is 9.45. The van der Waals surface area contributed by atoms with Crippen LogP contribution in [-0.2, 0) is 11.3 Å². The van der Waals surface area contributed by atoms with E-state index in [-0.39, 0.29) is 11.9 Å². The Bertz CT molecular complexity index is 1000. The summed E-state index contributed by atoms with van der Waals surface area (Å²) in [6.45, 7) is 10.3. The van der Waals surface area contributed by atoms with Crippen LogP contribution in [0.1, 0.15) is 20.8 Å². The minimum Gasteiger partial charge on any atom is -0.374 e. The van der Waals surface area contributed by atoms with Crippen LogP contribution in [0.15, 0.2) is 36.5 Å². The van der Waals surface area contributed by atoms with E-state index < -0.39 is 0 Å². The van der Waals surface area contributed by atoms with Crippen LogP contribution >= 0.6 is 0 Å². The molecule has 6 nitrogen and oxygen atoms in total. The van der Waals surface area contributed by atoms with E-state index >= 15 is 0 Å². The Labute approximate surface area is 177 Å². The van der Waals surface area contributed by atoms with Gasteiger partial charge < -0.3 is 19.1 Å². The van der Waals surface area contributed by atoms with Crippen molar-refractivity contribution >= 4 is 16.9 Å². The molecule has 1 aliphatic heterocycles. The molecule has 1 aliphatic rings. The molecule has 0 radical (unpaired) electrons. The first-order chi connectivity index (χ1) is 14.5. The zero-order chi connectivity index (χ0) is 21.3. The zero-order valence-corrected chi connectivity index (χ0v) is 18.2. The van der Waals surface area contributed by atoms with Crippen LogP contribution in [0.5, 0.6) is 0 Å². The maximum absolute atomic E-state index is 14.8. The summed E-state index contributed by atoms with van der Waals surface area (Å²) in [5.74, 6) is 1.39. The number of likely N-dealkylation sites (N-methyl/N-ethyl adjacent to an activating group) is 1. The number of rotatable bonds is 6. The molecule has 1 saturated heterocycles. The number of benzene rings is 1. The van der Waals surface area contributed by atoms with Crippen LogP contribution in [0.25, 0.3) is 22.4 Å². The predicted octanol–water partition coefficient (Wildman–Crippen LogP) is 3.80. The molecule has 1 atom stereocenters. The number of hydrogen-bond donors (Lipinski definition) is 0. The summed E-state index contributed by atoms with van der Waals surface area (Å²) < 4.78 is 22.7. The molecule has 30 heavy (non-hydrogen) atoms. The van der Waals surface area contributed by atoms with Gasteiger partial charge in [0.05, 0.1) is 24.8 Å². The minimum atomic E-state index is -0.267. The number of hydrogen-bond acceptors (Lipinski definition) is 5. The van der Waals surface area contributed by atoms with Crippen LogP contribution < -0.4 is 4.90 Å². The second-order valence-corrected chi connectivity index (χ2v) is 8.19. The van der Waals surface area contributed by atoms with Gasteiger partial charge in [0, 0.05) is 37.4 Å². The lowest BCUT2D eigenvalue weighted by molar-refractivity contribution is -0.0268. The molecule has 1 aromatic carbocycles. The maximum atomic E-state index is 14.8. The second kappa shape index (κ2) is 8.70. The van der Waals surface area contributed by atoms with Gasteiger partial charge in [0.15, 0.2) is 0 Å². The zero-order valence-electron chi connectivity index (χ0n) is 18.2. The highest BCUT2D eigenvalue weighted by Crippen LogP contribution is 2.28. The summed E-state index contributed by atoms with van der Waals surface area (Å²) in [4.78, 5) is 13.9. The third-order valence-corrected chi connectivity index (χ3v) is 5.71. The van der Waals surface area contributed by atoms with Crippen LogP contribution in [0.2, 0.25) is 0 Å². The Kier molecular flexibility index (Phi) is 6.01. The van der Waals surface area contributed by atoms with E-state index in [1.54, 1.807) is 6.07 Å². The Morgan fingerprint density at radius 2 is 2.10 bits per heavy atom. The molecule has 0 N–H and O–H groups in total. The van der Waals surface area contributed by atoms with Crippen molar-refractivity contribution < 1.29 is 9.13 Å². The number of imidazole rings is 1. The highest BCUT2D eigenvalue weighted by Gasteiger charge is 2.23. The summed E-state index contributed by atoms with van der Waals surface area (Å²) in [5.41, 5.74) is 2.04. The first-order valence-corrected chi connectivity index (χ1v) is 10.7. The Morgan fingerprint density at radius 1 is 1.27 bits per heavy atom. The third kappa shape index (κ3) is 4.04. The van der Waals surface area contributed by atoms with Crippen molar-refractivity contribution in [2.24, 2.45) is 0 Å². The van der Waals surface area contributed by atoms with E-state index in [0.29, 0.717) is 30.2 Å².